The number of benzene rings is 2. The Kier molecular flexibility index (Phi) is 5.70. The van der Waals surface area contributed by atoms with Gasteiger partial charge < -0.3 is 10.6 Å². The fourth-order valence-electron chi connectivity index (χ4n) is 5.01. The number of halogens is 3. The highest BCUT2D eigenvalue weighted by Gasteiger charge is 2.49. The number of amides is 1. The summed E-state index contributed by atoms with van der Waals surface area (Å²) in [7, 11) is 0. The summed E-state index contributed by atoms with van der Waals surface area (Å²) in [5, 5.41) is 10.9. The molecule has 0 aliphatic carbocycles. The summed E-state index contributed by atoms with van der Waals surface area (Å²) in [5.74, 6) is -2.41. The lowest BCUT2D eigenvalue weighted by Crippen LogP contribution is -2.33. The van der Waals surface area contributed by atoms with Gasteiger partial charge in [-0.1, -0.05) is 60.7 Å². The third-order valence-corrected chi connectivity index (χ3v) is 6.57. The number of rotatable bonds is 4. The van der Waals surface area contributed by atoms with E-state index in [9.17, 15) is 18.0 Å². The molecule has 2 aromatic carbocycles. The minimum atomic E-state index is -4.53. The Morgan fingerprint density at radius 2 is 1.52 bits per heavy atom. The molecular weight excluding hydrogens is 429 g/mol. The second-order valence-electron chi connectivity index (χ2n) is 8.69. The van der Waals surface area contributed by atoms with Crippen LogP contribution in [-0.4, -0.2) is 35.0 Å². The molecule has 1 saturated heterocycles. The van der Waals surface area contributed by atoms with E-state index in [1.54, 1.807) is 4.68 Å². The molecule has 2 aliphatic rings. The highest BCUT2D eigenvalue weighted by atomic mass is 19.4. The minimum absolute atomic E-state index is 0.0895. The van der Waals surface area contributed by atoms with Crippen molar-refractivity contribution < 1.29 is 18.0 Å². The van der Waals surface area contributed by atoms with Gasteiger partial charge in [0.25, 0.3) is 0 Å². The van der Waals surface area contributed by atoms with Crippen LogP contribution in [0.1, 0.15) is 59.5 Å². The number of hydrogen-bond donors (Lipinski definition) is 2. The zero-order valence-corrected chi connectivity index (χ0v) is 18.0. The third-order valence-electron chi connectivity index (χ3n) is 6.57. The van der Waals surface area contributed by atoms with Crippen LogP contribution in [0.15, 0.2) is 60.7 Å². The summed E-state index contributed by atoms with van der Waals surface area (Å²) in [6, 6.07) is 18.6. The fraction of sp³-hybridized carbons (Fsp3) is 0.360. The summed E-state index contributed by atoms with van der Waals surface area (Å²) < 4.78 is 44.1. The smallest absolute Gasteiger partial charge is 0.317 e. The lowest BCUT2D eigenvalue weighted by atomic mass is 9.84. The first-order chi connectivity index (χ1) is 15.9. The number of fused-ring (bicyclic) bond motifs is 1. The first-order valence-electron chi connectivity index (χ1n) is 11.2. The Morgan fingerprint density at radius 3 is 2.06 bits per heavy atom. The Bertz CT molecular complexity index is 1080. The molecule has 2 aliphatic heterocycles. The summed E-state index contributed by atoms with van der Waals surface area (Å²) in [5.41, 5.74) is 2.36. The van der Waals surface area contributed by atoms with Crippen molar-refractivity contribution in [2.45, 2.75) is 43.3 Å². The van der Waals surface area contributed by atoms with E-state index in [1.165, 1.54) is 0 Å². The molecule has 5 rings (SSSR count). The van der Waals surface area contributed by atoms with E-state index in [4.69, 9.17) is 5.10 Å². The number of aromatic nitrogens is 2. The van der Waals surface area contributed by atoms with E-state index in [0.29, 0.717) is 18.5 Å². The van der Waals surface area contributed by atoms with Gasteiger partial charge in [-0.25, -0.2) is 4.68 Å². The van der Waals surface area contributed by atoms with Crippen LogP contribution in [0.4, 0.5) is 19.0 Å². The van der Waals surface area contributed by atoms with Crippen LogP contribution in [0.25, 0.3) is 0 Å². The average molecular weight is 454 g/mol. The van der Waals surface area contributed by atoms with Crippen molar-refractivity contribution in [2.75, 3.05) is 18.4 Å². The highest BCUT2D eigenvalue weighted by Crippen LogP contribution is 2.49. The number of alkyl halides is 3. The molecule has 3 heterocycles. The first-order valence-corrected chi connectivity index (χ1v) is 11.2. The van der Waals surface area contributed by atoms with Gasteiger partial charge in [-0.15, -0.1) is 0 Å². The molecule has 5 nitrogen and oxygen atoms in total. The molecule has 1 amide bonds. The molecule has 0 saturated carbocycles. The second-order valence-corrected chi connectivity index (χ2v) is 8.69. The normalized spacial score (nSPS) is 19.4. The van der Waals surface area contributed by atoms with Crippen molar-refractivity contribution in [3.8, 4) is 0 Å². The number of carbonyl (C=O) groups is 1. The molecule has 0 spiro atoms. The van der Waals surface area contributed by atoms with Crippen molar-refractivity contribution >= 4 is 11.7 Å². The quantitative estimate of drug-likeness (QED) is 0.585. The van der Waals surface area contributed by atoms with Gasteiger partial charge in [0.15, 0.2) is 0 Å². The summed E-state index contributed by atoms with van der Waals surface area (Å²) >= 11 is 0. The molecule has 33 heavy (non-hydrogen) atoms. The topological polar surface area (TPSA) is 59.0 Å². The van der Waals surface area contributed by atoms with Crippen molar-refractivity contribution in [1.29, 1.82) is 0 Å². The Hall–Kier alpha value is -3.13. The summed E-state index contributed by atoms with van der Waals surface area (Å²) in [6.07, 6.45) is -3.72. The maximum atomic E-state index is 14.2. The molecule has 1 aromatic heterocycles. The zero-order valence-electron chi connectivity index (χ0n) is 18.0. The van der Waals surface area contributed by atoms with Crippen LogP contribution in [0, 0.1) is 0 Å². The van der Waals surface area contributed by atoms with Crippen molar-refractivity contribution in [1.82, 2.24) is 15.1 Å². The van der Waals surface area contributed by atoms with Gasteiger partial charge in [-0.3, -0.25) is 4.79 Å². The average Bonchev–Trinajstić information content (AvgIpc) is 3.19. The molecule has 1 atom stereocenters. The predicted molar refractivity (Wildman–Crippen MR) is 119 cm³/mol. The van der Waals surface area contributed by atoms with E-state index in [-0.39, 0.29) is 17.3 Å². The molecule has 1 unspecified atom stereocenters. The Labute approximate surface area is 190 Å². The largest absolute Gasteiger partial charge is 0.396 e. The van der Waals surface area contributed by atoms with Crippen molar-refractivity contribution in [3.05, 3.63) is 83.0 Å². The number of piperidine rings is 1. The summed E-state index contributed by atoms with van der Waals surface area (Å²) in [4.78, 5) is 12.5. The second kappa shape index (κ2) is 8.67. The Morgan fingerprint density at radius 1 is 0.939 bits per heavy atom. The van der Waals surface area contributed by atoms with Gasteiger partial charge in [-0.05, 0) is 37.1 Å². The van der Waals surface area contributed by atoms with E-state index >= 15 is 0 Å². The van der Waals surface area contributed by atoms with Crippen molar-refractivity contribution in [2.24, 2.45) is 0 Å². The molecular formula is C25H25F3N4O. The highest BCUT2D eigenvalue weighted by molar-refractivity contribution is 5.94. The number of anilines is 1. The minimum Gasteiger partial charge on any atom is -0.317 e. The van der Waals surface area contributed by atoms with Crippen LogP contribution >= 0.6 is 0 Å². The van der Waals surface area contributed by atoms with Gasteiger partial charge in [0, 0.05) is 17.9 Å². The number of nitrogens with one attached hydrogen (secondary N) is 2. The maximum absolute atomic E-state index is 14.2. The number of carbonyl (C=O) groups excluding carboxylic acids is 1. The van der Waals surface area contributed by atoms with E-state index in [2.05, 4.69) is 10.6 Å². The zero-order chi connectivity index (χ0) is 23.0. The molecule has 0 bridgehead atoms. The molecule has 1 fully saturated rings. The molecule has 3 aromatic rings. The van der Waals surface area contributed by atoms with Gasteiger partial charge in [0.05, 0.1) is 11.6 Å². The predicted octanol–water partition coefficient (Wildman–Crippen LogP) is 4.98. The maximum Gasteiger partial charge on any atom is 0.396 e. The number of nitrogens with zero attached hydrogens (tertiary/aromatic N) is 2. The molecule has 0 radical (unpaired) electrons. The van der Waals surface area contributed by atoms with Crippen LogP contribution < -0.4 is 10.6 Å². The SMILES string of the molecule is O=C1CC(C(F)(F)F)c2c(C3CCNCC3)nn(C(c3ccccc3)c3ccccc3)c2N1. The van der Waals surface area contributed by atoms with Crippen LogP contribution in [0.2, 0.25) is 0 Å². The first kappa shape index (κ1) is 21.7. The molecule has 2 N–H and O–H groups in total. The standard InChI is InChI=1S/C25H25F3N4O/c26-25(27,28)19-15-20(33)30-24-21(19)22(16-11-13-29-14-12-16)31-32(24)23(17-7-3-1-4-8-17)18-9-5-2-6-10-18/h1-10,16,19,23,29H,11-15H2,(H,30,33). The van der Waals surface area contributed by atoms with E-state index in [0.717, 1.165) is 24.2 Å². The molecule has 8 heteroatoms. The van der Waals surface area contributed by atoms with Gasteiger partial charge in [0.2, 0.25) is 5.91 Å². The third kappa shape index (κ3) is 4.15. The van der Waals surface area contributed by atoms with Crippen molar-refractivity contribution in [3.63, 3.8) is 0 Å². The van der Waals surface area contributed by atoms with Gasteiger partial charge in [-0.2, -0.15) is 18.3 Å². The summed E-state index contributed by atoms with van der Waals surface area (Å²) in [6.45, 7) is 1.46. The van der Waals surface area contributed by atoms with Crippen LogP contribution in [0.5, 0.6) is 0 Å². The number of hydrogen-bond acceptors (Lipinski definition) is 3. The van der Waals surface area contributed by atoms with Crippen LogP contribution in [-0.2, 0) is 4.79 Å². The Balaban J connectivity index is 1.75. The monoisotopic (exact) mass is 454 g/mol. The fourth-order valence-corrected chi connectivity index (χ4v) is 5.01. The molecule has 172 valence electrons. The van der Waals surface area contributed by atoms with Gasteiger partial charge >= 0.3 is 6.18 Å². The van der Waals surface area contributed by atoms with Crippen LogP contribution in [0.3, 0.4) is 0 Å². The lowest BCUT2D eigenvalue weighted by molar-refractivity contribution is -0.157. The van der Waals surface area contributed by atoms with E-state index < -0.39 is 30.5 Å². The van der Waals surface area contributed by atoms with Gasteiger partial charge in [0.1, 0.15) is 11.9 Å². The van der Waals surface area contributed by atoms with E-state index in [1.807, 2.05) is 60.7 Å². The lowest BCUT2D eigenvalue weighted by Gasteiger charge is -2.29.